The van der Waals surface area contributed by atoms with Crippen LogP contribution in [0.1, 0.15) is 87.3 Å². The van der Waals surface area contributed by atoms with Crippen molar-refractivity contribution in [3.05, 3.63) is 45.9 Å². The number of carbonyl (C=O) groups excluding carboxylic acids is 2. The Hall–Kier alpha value is -2.54. The van der Waals surface area contributed by atoms with Crippen molar-refractivity contribution in [3.8, 4) is 11.3 Å². The molecule has 0 bridgehead atoms. The SMILES string of the molecule is Cc1[nH]c(-c2cc(Cl)ccc2F)c(CC2CCCN2C(=O)OC(C)(C)C)c1C(=O)NC1CCCCC1. The molecule has 1 saturated carbocycles. The number of hydrogen-bond donors (Lipinski definition) is 2. The highest BCUT2D eigenvalue weighted by Gasteiger charge is 2.35. The number of rotatable bonds is 5. The van der Waals surface area contributed by atoms with Crippen LogP contribution in [-0.4, -0.2) is 46.1 Å². The van der Waals surface area contributed by atoms with Crippen LogP contribution >= 0.6 is 11.6 Å². The summed E-state index contributed by atoms with van der Waals surface area (Å²) >= 11 is 6.22. The number of nitrogens with one attached hydrogen (secondary N) is 2. The molecule has 0 radical (unpaired) electrons. The van der Waals surface area contributed by atoms with Crippen LogP contribution in [0, 0.1) is 12.7 Å². The molecule has 2 aliphatic rings. The molecular formula is C28H37ClFN3O3. The number of carbonyl (C=O) groups is 2. The van der Waals surface area contributed by atoms with Gasteiger partial charge in [-0.25, -0.2) is 9.18 Å². The zero-order valence-corrected chi connectivity index (χ0v) is 22.4. The molecule has 36 heavy (non-hydrogen) atoms. The van der Waals surface area contributed by atoms with Crippen LogP contribution in [0.2, 0.25) is 5.02 Å². The van der Waals surface area contributed by atoms with Gasteiger partial charge in [0.1, 0.15) is 11.4 Å². The van der Waals surface area contributed by atoms with Crippen LogP contribution in [0.3, 0.4) is 0 Å². The summed E-state index contributed by atoms with van der Waals surface area (Å²) in [6, 6.07) is 4.41. The number of aryl methyl sites for hydroxylation is 1. The summed E-state index contributed by atoms with van der Waals surface area (Å²) in [5.74, 6) is -0.572. The Balaban J connectivity index is 1.71. The van der Waals surface area contributed by atoms with Crippen molar-refractivity contribution in [3.63, 3.8) is 0 Å². The van der Waals surface area contributed by atoms with E-state index in [0.29, 0.717) is 46.1 Å². The first-order valence-electron chi connectivity index (χ1n) is 13.0. The first kappa shape index (κ1) is 26.5. The second-order valence-electron chi connectivity index (χ2n) is 11.1. The van der Waals surface area contributed by atoms with Crippen molar-refractivity contribution in [2.24, 2.45) is 0 Å². The van der Waals surface area contributed by atoms with Crippen LogP contribution in [-0.2, 0) is 11.2 Å². The first-order valence-corrected chi connectivity index (χ1v) is 13.4. The van der Waals surface area contributed by atoms with Gasteiger partial charge in [-0.3, -0.25) is 4.79 Å². The normalized spacial score (nSPS) is 18.9. The number of likely N-dealkylation sites (tertiary alicyclic amines) is 1. The molecular weight excluding hydrogens is 481 g/mol. The molecule has 8 heteroatoms. The third kappa shape index (κ3) is 6.05. The van der Waals surface area contributed by atoms with Gasteiger partial charge < -0.3 is 19.9 Å². The lowest BCUT2D eigenvalue weighted by Gasteiger charge is -2.29. The van der Waals surface area contributed by atoms with E-state index in [2.05, 4.69) is 10.3 Å². The zero-order valence-electron chi connectivity index (χ0n) is 21.7. The van der Waals surface area contributed by atoms with Crippen molar-refractivity contribution < 1.29 is 18.7 Å². The summed E-state index contributed by atoms with van der Waals surface area (Å²) in [5.41, 5.74) is 2.18. The highest BCUT2D eigenvalue weighted by atomic mass is 35.5. The molecule has 1 saturated heterocycles. The van der Waals surface area contributed by atoms with Crippen LogP contribution < -0.4 is 5.32 Å². The Bertz CT molecular complexity index is 1120. The Kier molecular flexibility index (Phi) is 7.98. The minimum atomic E-state index is -0.602. The van der Waals surface area contributed by atoms with Gasteiger partial charge in [0.25, 0.3) is 5.91 Å². The fourth-order valence-corrected chi connectivity index (χ4v) is 5.63. The maximum atomic E-state index is 15.0. The maximum absolute atomic E-state index is 15.0. The van der Waals surface area contributed by atoms with E-state index in [4.69, 9.17) is 16.3 Å². The molecule has 2 fully saturated rings. The van der Waals surface area contributed by atoms with E-state index in [0.717, 1.165) is 38.5 Å². The van der Waals surface area contributed by atoms with Crippen LogP contribution in [0.25, 0.3) is 11.3 Å². The molecule has 1 aliphatic carbocycles. The van der Waals surface area contributed by atoms with Gasteiger partial charge in [0.15, 0.2) is 0 Å². The molecule has 2 heterocycles. The summed E-state index contributed by atoms with van der Waals surface area (Å²) in [6.07, 6.45) is 7.03. The molecule has 0 spiro atoms. The van der Waals surface area contributed by atoms with Gasteiger partial charge in [0.05, 0.1) is 11.3 Å². The first-order chi connectivity index (χ1) is 17.0. The number of amides is 2. The number of benzene rings is 1. The van der Waals surface area contributed by atoms with Gasteiger partial charge in [-0.1, -0.05) is 30.9 Å². The van der Waals surface area contributed by atoms with Crippen LogP contribution in [0.5, 0.6) is 0 Å². The van der Waals surface area contributed by atoms with Crippen molar-refractivity contribution in [2.45, 2.75) is 96.7 Å². The third-order valence-corrected chi connectivity index (χ3v) is 7.34. The lowest BCUT2D eigenvalue weighted by Crippen LogP contribution is -2.41. The summed E-state index contributed by atoms with van der Waals surface area (Å²) in [6.45, 7) is 7.97. The fourth-order valence-electron chi connectivity index (χ4n) is 5.46. The Morgan fingerprint density at radius 1 is 1.17 bits per heavy atom. The number of hydrogen-bond acceptors (Lipinski definition) is 3. The predicted molar refractivity (Wildman–Crippen MR) is 140 cm³/mol. The average Bonchev–Trinajstić information content (AvgIpc) is 3.39. The summed E-state index contributed by atoms with van der Waals surface area (Å²) < 4.78 is 20.6. The largest absolute Gasteiger partial charge is 0.444 e. The van der Waals surface area contributed by atoms with E-state index >= 15 is 0 Å². The Morgan fingerprint density at radius 2 is 1.89 bits per heavy atom. The van der Waals surface area contributed by atoms with E-state index in [1.165, 1.54) is 18.6 Å². The highest BCUT2D eigenvalue weighted by Crippen LogP contribution is 2.35. The molecule has 1 aromatic heterocycles. The van der Waals surface area contributed by atoms with Gasteiger partial charge in [-0.05, 0) is 83.6 Å². The smallest absolute Gasteiger partial charge is 0.410 e. The van der Waals surface area contributed by atoms with Gasteiger partial charge >= 0.3 is 6.09 Å². The van der Waals surface area contributed by atoms with Gasteiger partial charge in [0, 0.05) is 34.9 Å². The standard InChI is InChI=1S/C28H37ClFN3O3/c1-17-24(26(34)32-19-9-6-5-7-10-19)22(25(31-17)21-15-18(29)12-13-23(21)30)16-20-11-8-14-33(20)27(35)36-28(2,3)4/h12-13,15,19-20,31H,5-11,14,16H2,1-4H3,(H,32,34). The quantitative estimate of drug-likeness (QED) is 0.458. The van der Waals surface area contributed by atoms with Crippen LogP contribution in [0.4, 0.5) is 9.18 Å². The molecule has 196 valence electrons. The maximum Gasteiger partial charge on any atom is 0.410 e. The number of aromatic amines is 1. The summed E-state index contributed by atoms with van der Waals surface area (Å²) in [4.78, 5) is 31.5. The Labute approximate surface area is 217 Å². The second kappa shape index (κ2) is 10.8. The van der Waals surface area contributed by atoms with Gasteiger partial charge in [-0.2, -0.15) is 0 Å². The number of ether oxygens (including phenoxy) is 1. The second-order valence-corrected chi connectivity index (χ2v) is 11.5. The van der Waals surface area contributed by atoms with E-state index < -0.39 is 11.4 Å². The lowest BCUT2D eigenvalue weighted by atomic mass is 9.93. The number of aromatic nitrogens is 1. The van der Waals surface area contributed by atoms with Crippen molar-refractivity contribution in [1.82, 2.24) is 15.2 Å². The van der Waals surface area contributed by atoms with E-state index in [9.17, 15) is 14.0 Å². The summed E-state index contributed by atoms with van der Waals surface area (Å²) in [5, 5.41) is 3.62. The predicted octanol–water partition coefficient (Wildman–Crippen LogP) is 6.79. The zero-order chi connectivity index (χ0) is 26.0. The molecule has 2 N–H and O–H groups in total. The van der Waals surface area contributed by atoms with Crippen molar-refractivity contribution in [2.75, 3.05) is 6.54 Å². The average molecular weight is 518 g/mol. The summed E-state index contributed by atoms with van der Waals surface area (Å²) in [7, 11) is 0. The van der Waals surface area contributed by atoms with E-state index in [1.807, 2.05) is 27.7 Å². The minimum Gasteiger partial charge on any atom is -0.444 e. The molecule has 2 amide bonds. The monoisotopic (exact) mass is 517 g/mol. The molecule has 6 nitrogen and oxygen atoms in total. The number of nitrogens with zero attached hydrogens (tertiary/aromatic N) is 1. The van der Waals surface area contributed by atoms with E-state index in [-0.39, 0.29) is 24.1 Å². The molecule has 2 aromatic rings. The topological polar surface area (TPSA) is 74.4 Å². The molecule has 4 rings (SSSR count). The molecule has 1 aromatic carbocycles. The number of halogens is 2. The van der Waals surface area contributed by atoms with Crippen molar-refractivity contribution >= 4 is 23.6 Å². The van der Waals surface area contributed by atoms with Crippen molar-refractivity contribution in [1.29, 1.82) is 0 Å². The molecule has 1 unspecified atom stereocenters. The molecule has 1 atom stereocenters. The third-order valence-electron chi connectivity index (χ3n) is 7.10. The lowest BCUT2D eigenvalue weighted by molar-refractivity contribution is 0.0227. The van der Waals surface area contributed by atoms with Crippen LogP contribution in [0.15, 0.2) is 18.2 Å². The van der Waals surface area contributed by atoms with Gasteiger partial charge in [0.2, 0.25) is 0 Å². The Morgan fingerprint density at radius 3 is 2.58 bits per heavy atom. The van der Waals surface area contributed by atoms with Gasteiger partial charge in [-0.15, -0.1) is 0 Å². The highest BCUT2D eigenvalue weighted by molar-refractivity contribution is 6.30. The minimum absolute atomic E-state index is 0.143. The molecule has 1 aliphatic heterocycles. The fraction of sp³-hybridized carbons (Fsp3) is 0.571. The number of H-pyrrole nitrogens is 1. The van der Waals surface area contributed by atoms with E-state index in [1.54, 1.807) is 11.0 Å².